The second kappa shape index (κ2) is 14.1. The zero-order valence-electron chi connectivity index (χ0n) is 23.4. The van der Waals surface area contributed by atoms with Crippen molar-refractivity contribution in [1.82, 2.24) is 10.2 Å². The number of benzene rings is 3. The van der Waals surface area contributed by atoms with Gasteiger partial charge in [-0.25, -0.2) is 8.42 Å². The van der Waals surface area contributed by atoms with E-state index in [-0.39, 0.29) is 23.0 Å². The van der Waals surface area contributed by atoms with E-state index >= 15 is 0 Å². The molecule has 1 aliphatic rings. The molecule has 42 heavy (non-hydrogen) atoms. The van der Waals surface area contributed by atoms with E-state index in [1.807, 2.05) is 6.92 Å². The molecule has 1 unspecified atom stereocenters. The van der Waals surface area contributed by atoms with Crippen LogP contribution in [0.2, 0.25) is 10.0 Å². The van der Waals surface area contributed by atoms with Crippen molar-refractivity contribution in [3.63, 3.8) is 0 Å². The van der Waals surface area contributed by atoms with Gasteiger partial charge in [0.05, 0.1) is 10.6 Å². The molecule has 0 bridgehead atoms. The number of unbranched alkanes of at least 4 members (excludes halogenated alkanes) is 1. The number of nitrogens with one attached hydrogen (secondary N) is 1. The molecule has 0 aliphatic carbocycles. The molecule has 1 atom stereocenters. The van der Waals surface area contributed by atoms with Gasteiger partial charge in [0.25, 0.3) is 10.0 Å². The van der Waals surface area contributed by atoms with E-state index in [0.29, 0.717) is 46.9 Å². The summed E-state index contributed by atoms with van der Waals surface area (Å²) in [4.78, 5) is 28.5. The first-order valence-electron chi connectivity index (χ1n) is 13.6. The van der Waals surface area contributed by atoms with Gasteiger partial charge in [0.2, 0.25) is 11.8 Å². The van der Waals surface area contributed by atoms with E-state index in [2.05, 4.69) is 5.32 Å². The minimum atomic E-state index is -4.23. The second-order valence-electron chi connectivity index (χ2n) is 9.70. The molecule has 0 saturated heterocycles. The van der Waals surface area contributed by atoms with Crippen molar-refractivity contribution in [3.8, 4) is 11.5 Å². The van der Waals surface area contributed by atoms with Gasteiger partial charge in [-0.3, -0.25) is 13.9 Å². The molecule has 1 heterocycles. The van der Waals surface area contributed by atoms with Crippen molar-refractivity contribution in [2.24, 2.45) is 0 Å². The average Bonchev–Trinajstić information content (AvgIpc) is 2.99. The fourth-order valence-corrected chi connectivity index (χ4v) is 6.35. The first-order valence-corrected chi connectivity index (χ1v) is 15.8. The molecule has 1 aliphatic heterocycles. The smallest absolute Gasteiger partial charge is 0.264 e. The quantitative estimate of drug-likeness (QED) is 0.272. The SMILES string of the molecule is CCCCNC(=O)C(C)N(Cc1c(Cl)cccc1Cl)C(=O)CN(c1ccc2c(c1)OCCO2)S(=O)(=O)c1ccccc1. The summed E-state index contributed by atoms with van der Waals surface area (Å²) >= 11 is 12.9. The third kappa shape index (κ3) is 7.29. The van der Waals surface area contributed by atoms with Crippen LogP contribution in [0.4, 0.5) is 5.69 Å². The molecule has 9 nitrogen and oxygen atoms in total. The van der Waals surface area contributed by atoms with Crippen molar-refractivity contribution in [2.75, 3.05) is 30.6 Å². The number of carbonyl (C=O) groups excluding carboxylic acids is 2. The fourth-order valence-electron chi connectivity index (χ4n) is 4.41. The number of fused-ring (bicyclic) bond motifs is 1. The van der Waals surface area contributed by atoms with Crippen LogP contribution in [0.1, 0.15) is 32.3 Å². The summed E-state index contributed by atoms with van der Waals surface area (Å²) in [6.07, 6.45) is 1.66. The highest BCUT2D eigenvalue weighted by Crippen LogP contribution is 2.36. The lowest BCUT2D eigenvalue weighted by molar-refractivity contribution is -0.139. The Bertz CT molecular complexity index is 1500. The number of amides is 2. The Kier molecular flexibility index (Phi) is 10.6. The summed E-state index contributed by atoms with van der Waals surface area (Å²) in [5.74, 6) is -0.168. The fraction of sp³-hybridized carbons (Fsp3) is 0.333. The Morgan fingerprint density at radius 2 is 1.62 bits per heavy atom. The number of nitrogens with zero attached hydrogens (tertiary/aromatic N) is 2. The van der Waals surface area contributed by atoms with Gasteiger partial charge in [-0.15, -0.1) is 0 Å². The Morgan fingerprint density at radius 1 is 0.952 bits per heavy atom. The summed E-state index contributed by atoms with van der Waals surface area (Å²) in [7, 11) is -4.23. The highest BCUT2D eigenvalue weighted by atomic mass is 35.5. The van der Waals surface area contributed by atoms with Crippen LogP contribution < -0.4 is 19.1 Å². The summed E-state index contributed by atoms with van der Waals surface area (Å²) in [5, 5.41) is 3.49. The maximum absolute atomic E-state index is 14.1. The van der Waals surface area contributed by atoms with Crippen molar-refractivity contribution < 1.29 is 27.5 Å². The lowest BCUT2D eigenvalue weighted by Crippen LogP contribution is -2.51. The second-order valence-corrected chi connectivity index (χ2v) is 12.4. The molecule has 3 aromatic carbocycles. The number of anilines is 1. The van der Waals surface area contributed by atoms with Crippen LogP contribution in [-0.4, -0.2) is 57.5 Å². The van der Waals surface area contributed by atoms with Gasteiger partial charge in [-0.2, -0.15) is 0 Å². The molecule has 224 valence electrons. The first-order chi connectivity index (χ1) is 20.1. The van der Waals surface area contributed by atoms with Crippen LogP contribution >= 0.6 is 23.2 Å². The predicted octanol–water partition coefficient (Wildman–Crippen LogP) is 5.29. The largest absolute Gasteiger partial charge is 0.486 e. The maximum atomic E-state index is 14.1. The van der Waals surface area contributed by atoms with Gasteiger partial charge >= 0.3 is 0 Å². The Morgan fingerprint density at radius 3 is 2.29 bits per heavy atom. The van der Waals surface area contributed by atoms with E-state index in [9.17, 15) is 18.0 Å². The van der Waals surface area contributed by atoms with E-state index in [1.165, 1.54) is 23.1 Å². The van der Waals surface area contributed by atoms with Gasteiger partial charge in [0.1, 0.15) is 25.8 Å². The van der Waals surface area contributed by atoms with Gasteiger partial charge < -0.3 is 19.7 Å². The van der Waals surface area contributed by atoms with E-state index < -0.39 is 28.5 Å². The van der Waals surface area contributed by atoms with E-state index in [1.54, 1.807) is 55.5 Å². The normalized spacial score (nSPS) is 13.2. The number of hydrogen-bond acceptors (Lipinski definition) is 6. The lowest BCUT2D eigenvalue weighted by Gasteiger charge is -2.32. The van der Waals surface area contributed by atoms with E-state index in [4.69, 9.17) is 32.7 Å². The van der Waals surface area contributed by atoms with Gasteiger partial charge in [-0.1, -0.05) is 60.8 Å². The first kappa shape index (κ1) is 31.5. The van der Waals surface area contributed by atoms with Gasteiger partial charge in [-0.05, 0) is 49.7 Å². The number of rotatable bonds is 12. The summed E-state index contributed by atoms with van der Waals surface area (Å²) in [6, 6.07) is 16.5. The minimum absolute atomic E-state index is 0.00116. The van der Waals surface area contributed by atoms with Crippen LogP contribution in [0.5, 0.6) is 11.5 Å². The maximum Gasteiger partial charge on any atom is 0.264 e. The van der Waals surface area contributed by atoms with Crippen LogP contribution in [0.3, 0.4) is 0 Å². The van der Waals surface area contributed by atoms with Crippen molar-refractivity contribution in [3.05, 3.63) is 82.3 Å². The van der Waals surface area contributed by atoms with Crippen LogP contribution in [0.25, 0.3) is 0 Å². The highest BCUT2D eigenvalue weighted by molar-refractivity contribution is 7.92. The van der Waals surface area contributed by atoms with Crippen LogP contribution in [0, 0.1) is 0 Å². The number of halogens is 2. The third-order valence-electron chi connectivity index (χ3n) is 6.81. The molecule has 0 radical (unpaired) electrons. The monoisotopic (exact) mass is 633 g/mol. The number of carbonyl (C=O) groups is 2. The molecule has 1 N–H and O–H groups in total. The zero-order valence-corrected chi connectivity index (χ0v) is 25.7. The predicted molar refractivity (Wildman–Crippen MR) is 163 cm³/mol. The molecule has 0 saturated carbocycles. The number of hydrogen-bond donors (Lipinski definition) is 1. The zero-order chi connectivity index (χ0) is 30.3. The molecule has 0 fully saturated rings. The molecular weight excluding hydrogens is 601 g/mol. The van der Waals surface area contributed by atoms with Gasteiger partial charge in [0, 0.05) is 34.8 Å². The highest BCUT2D eigenvalue weighted by Gasteiger charge is 2.33. The van der Waals surface area contributed by atoms with Crippen molar-refractivity contribution in [1.29, 1.82) is 0 Å². The third-order valence-corrected chi connectivity index (χ3v) is 9.31. The number of ether oxygens (including phenoxy) is 2. The minimum Gasteiger partial charge on any atom is -0.486 e. The topological polar surface area (TPSA) is 105 Å². The molecule has 0 aromatic heterocycles. The standard InChI is InChI=1S/C30H33Cl2N3O6S/c1-3-4-15-33-30(37)21(2)34(19-24-25(31)11-8-12-26(24)32)29(36)20-35(42(38,39)23-9-6-5-7-10-23)22-13-14-27-28(18-22)41-17-16-40-27/h5-14,18,21H,3-4,15-17,19-20H2,1-2H3,(H,33,37). The van der Waals surface area contributed by atoms with Crippen molar-refractivity contribution in [2.45, 2.75) is 44.2 Å². The van der Waals surface area contributed by atoms with Crippen molar-refractivity contribution >= 4 is 50.7 Å². The molecule has 3 aromatic rings. The summed E-state index contributed by atoms with van der Waals surface area (Å²) < 4.78 is 40.2. The lowest BCUT2D eigenvalue weighted by atomic mass is 10.1. The van der Waals surface area contributed by atoms with E-state index in [0.717, 1.165) is 17.1 Å². The average molecular weight is 635 g/mol. The molecule has 4 rings (SSSR count). The molecule has 2 amide bonds. The Balaban J connectivity index is 1.73. The summed E-state index contributed by atoms with van der Waals surface area (Å²) in [5.41, 5.74) is 0.645. The Labute approximate surface area is 256 Å². The molecular formula is C30H33Cl2N3O6S. The van der Waals surface area contributed by atoms with Crippen LogP contribution in [0.15, 0.2) is 71.6 Å². The number of sulfonamides is 1. The van der Waals surface area contributed by atoms with Gasteiger partial charge in [0.15, 0.2) is 11.5 Å². The molecule has 0 spiro atoms. The molecule has 12 heteroatoms. The summed E-state index contributed by atoms with van der Waals surface area (Å²) in [6.45, 7) is 3.99. The Hall–Kier alpha value is -3.47. The van der Waals surface area contributed by atoms with Crippen LogP contribution in [-0.2, 0) is 26.2 Å².